The summed E-state index contributed by atoms with van der Waals surface area (Å²) in [6, 6.07) is 7.76. The van der Waals surface area contributed by atoms with Crippen molar-refractivity contribution in [3.63, 3.8) is 0 Å². The zero-order valence-corrected chi connectivity index (χ0v) is 14.8. The molecule has 0 saturated carbocycles. The molecule has 1 aliphatic heterocycles. The van der Waals surface area contributed by atoms with Crippen molar-refractivity contribution in [3.8, 4) is 5.75 Å². The molecule has 0 aliphatic carbocycles. The molecule has 0 amide bonds. The number of nitrogens with one attached hydrogen (secondary N) is 1. The van der Waals surface area contributed by atoms with E-state index in [1.54, 1.807) is 18.0 Å². The molecule has 0 radical (unpaired) electrons. The molecule has 9 heteroatoms. The summed E-state index contributed by atoms with van der Waals surface area (Å²) in [7, 11) is 1.64. The fraction of sp³-hybridized carbons (Fsp3) is 0.389. The van der Waals surface area contributed by atoms with E-state index in [0.29, 0.717) is 29.9 Å². The van der Waals surface area contributed by atoms with Crippen LogP contribution in [0.1, 0.15) is 18.2 Å². The minimum Gasteiger partial charge on any atom is -0.497 e. The first-order chi connectivity index (χ1) is 13.2. The second-order valence-electron chi connectivity index (χ2n) is 6.36. The van der Waals surface area contributed by atoms with Crippen LogP contribution >= 0.6 is 0 Å². The van der Waals surface area contributed by atoms with Gasteiger partial charge in [-0.3, -0.25) is 4.57 Å². The molecule has 3 N–H and O–H groups in total. The second kappa shape index (κ2) is 7.47. The lowest BCUT2D eigenvalue weighted by Gasteiger charge is -2.13. The molecule has 4 rings (SSSR count). The average Bonchev–Trinajstić information content (AvgIpc) is 3.30. The summed E-state index contributed by atoms with van der Waals surface area (Å²) in [5, 5.41) is 22.5. The Hall–Kier alpha value is -2.75. The number of anilines is 1. The van der Waals surface area contributed by atoms with Gasteiger partial charge in [0.05, 0.1) is 26.1 Å². The van der Waals surface area contributed by atoms with Crippen molar-refractivity contribution in [1.29, 1.82) is 0 Å². The van der Waals surface area contributed by atoms with E-state index in [0.717, 1.165) is 11.3 Å². The first kappa shape index (κ1) is 17.7. The normalized spacial score (nSPS) is 22.3. The van der Waals surface area contributed by atoms with Crippen molar-refractivity contribution in [1.82, 2.24) is 19.5 Å². The number of hydrogen-bond acceptors (Lipinski definition) is 8. The predicted molar refractivity (Wildman–Crippen MR) is 97.3 cm³/mol. The predicted octanol–water partition coefficient (Wildman–Crippen LogP) is 1.09. The smallest absolute Gasteiger partial charge is 0.167 e. The van der Waals surface area contributed by atoms with Gasteiger partial charge in [0.15, 0.2) is 17.0 Å². The molecule has 0 spiro atoms. The number of methoxy groups -OCH3 is 1. The Balaban J connectivity index is 1.53. The Morgan fingerprint density at radius 3 is 2.78 bits per heavy atom. The first-order valence-corrected chi connectivity index (χ1v) is 8.68. The van der Waals surface area contributed by atoms with Crippen molar-refractivity contribution in [2.75, 3.05) is 19.0 Å². The molecule has 3 heterocycles. The summed E-state index contributed by atoms with van der Waals surface area (Å²) in [4.78, 5) is 13.0. The lowest BCUT2D eigenvalue weighted by Crippen LogP contribution is -2.24. The largest absolute Gasteiger partial charge is 0.497 e. The molecule has 3 aromatic rings. The zero-order chi connectivity index (χ0) is 18.8. The summed E-state index contributed by atoms with van der Waals surface area (Å²) in [6.07, 6.45) is 1.72. The van der Waals surface area contributed by atoms with Crippen LogP contribution in [-0.4, -0.2) is 55.7 Å². The summed E-state index contributed by atoms with van der Waals surface area (Å²) in [5.74, 6) is 1.42. The van der Waals surface area contributed by atoms with Crippen LogP contribution in [0.5, 0.6) is 5.75 Å². The molecular weight excluding hydrogens is 350 g/mol. The third kappa shape index (κ3) is 3.44. The molecule has 0 bridgehead atoms. The summed E-state index contributed by atoms with van der Waals surface area (Å²) >= 11 is 0. The molecule has 2 aromatic heterocycles. The fourth-order valence-corrected chi connectivity index (χ4v) is 3.17. The van der Waals surface area contributed by atoms with Crippen LogP contribution in [-0.2, 0) is 11.3 Å². The highest BCUT2D eigenvalue weighted by Crippen LogP contribution is 2.31. The van der Waals surface area contributed by atoms with Gasteiger partial charge in [0.2, 0.25) is 0 Å². The van der Waals surface area contributed by atoms with Gasteiger partial charge < -0.3 is 25.0 Å². The second-order valence-corrected chi connectivity index (χ2v) is 6.36. The number of rotatable bonds is 6. The van der Waals surface area contributed by atoms with E-state index in [4.69, 9.17) is 9.47 Å². The number of ether oxygens (including phenoxy) is 2. The standard InChI is InChI=1S/C18H21N5O4/c1-26-12-4-2-11(3-5-12)7-19-17-16-18(21-9-20-17)23(10-22-16)15-6-13(25)14(8-24)27-15/h2-5,9-10,13-15,24-25H,6-8H2,1H3,(H,19,20,21)/t13-,14+,15?/m0/s1. The molecule has 142 valence electrons. The number of benzene rings is 1. The van der Waals surface area contributed by atoms with Crippen LogP contribution in [0.15, 0.2) is 36.9 Å². The highest BCUT2D eigenvalue weighted by atomic mass is 16.5. The average molecular weight is 371 g/mol. The molecule has 9 nitrogen and oxygen atoms in total. The van der Waals surface area contributed by atoms with E-state index in [1.807, 2.05) is 24.3 Å². The third-order valence-electron chi connectivity index (χ3n) is 4.67. The van der Waals surface area contributed by atoms with Crippen molar-refractivity contribution in [3.05, 3.63) is 42.5 Å². The monoisotopic (exact) mass is 371 g/mol. The Labute approximate surface area is 155 Å². The highest BCUT2D eigenvalue weighted by Gasteiger charge is 2.35. The molecule has 1 fully saturated rings. The third-order valence-corrected chi connectivity index (χ3v) is 4.67. The number of nitrogens with zero attached hydrogens (tertiary/aromatic N) is 4. The van der Waals surface area contributed by atoms with Crippen molar-refractivity contribution < 1.29 is 19.7 Å². The summed E-state index contributed by atoms with van der Waals surface area (Å²) < 4.78 is 12.6. The number of imidazole rings is 1. The van der Waals surface area contributed by atoms with E-state index in [1.165, 1.54) is 6.33 Å². The van der Waals surface area contributed by atoms with E-state index in [-0.39, 0.29) is 6.61 Å². The van der Waals surface area contributed by atoms with Gasteiger partial charge in [-0.1, -0.05) is 12.1 Å². The van der Waals surface area contributed by atoms with Gasteiger partial charge in [-0.2, -0.15) is 0 Å². The van der Waals surface area contributed by atoms with Gasteiger partial charge >= 0.3 is 0 Å². The maximum absolute atomic E-state index is 9.96. The van der Waals surface area contributed by atoms with Crippen LogP contribution in [0.3, 0.4) is 0 Å². The Kier molecular flexibility index (Phi) is 4.88. The maximum atomic E-state index is 9.96. The molecule has 27 heavy (non-hydrogen) atoms. The topological polar surface area (TPSA) is 115 Å². The number of aromatic nitrogens is 4. The molecule has 1 unspecified atom stereocenters. The quantitative estimate of drug-likeness (QED) is 0.590. The fourth-order valence-electron chi connectivity index (χ4n) is 3.17. The number of hydrogen-bond donors (Lipinski definition) is 3. The van der Waals surface area contributed by atoms with E-state index in [2.05, 4.69) is 20.3 Å². The summed E-state index contributed by atoms with van der Waals surface area (Å²) in [6.45, 7) is 0.349. The van der Waals surface area contributed by atoms with Crippen molar-refractivity contribution in [2.45, 2.75) is 31.4 Å². The Morgan fingerprint density at radius 1 is 1.26 bits per heavy atom. The molecule has 3 atom stereocenters. The molecule has 1 aromatic carbocycles. The number of fused-ring (bicyclic) bond motifs is 1. The van der Waals surface area contributed by atoms with Gasteiger partial charge in [0, 0.05) is 13.0 Å². The molecule has 1 aliphatic rings. The lowest BCUT2D eigenvalue weighted by molar-refractivity contribution is -0.0432. The summed E-state index contributed by atoms with van der Waals surface area (Å²) in [5.41, 5.74) is 2.31. The van der Waals surface area contributed by atoms with Gasteiger partial charge in [0.1, 0.15) is 24.4 Å². The lowest BCUT2D eigenvalue weighted by atomic mass is 10.2. The van der Waals surface area contributed by atoms with E-state index in [9.17, 15) is 10.2 Å². The van der Waals surface area contributed by atoms with Crippen molar-refractivity contribution in [2.24, 2.45) is 0 Å². The zero-order valence-electron chi connectivity index (χ0n) is 14.8. The van der Waals surface area contributed by atoms with Crippen LogP contribution in [0.4, 0.5) is 5.82 Å². The van der Waals surface area contributed by atoms with Crippen LogP contribution in [0, 0.1) is 0 Å². The molecular formula is C18H21N5O4. The van der Waals surface area contributed by atoms with Crippen LogP contribution < -0.4 is 10.1 Å². The first-order valence-electron chi connectivity index (χ1n) is 8.68. The van der Waals surface area contributed by atoms with E-state index < -0.39 is 18.4 Å². The van der Waals surface area contributed by atoms with Gasteiger partial charge in [0.25, 0.3) is 0 Å². The highest BCUT2D eigenvalue weighted by molar-refractivity contribution is 5.82. The number of aliphatic hydroxyl groups is 2. The van der Waals surface area contributed by atoms with Gasteiger partial charge in [-0.15, -0.1) is 0 Å². The van der Waals surface area contributed by atoms with Crippen molar-refractivity contribution >= 4 is 17.0 Å². The number of aliphatic hydroxyl groups excluding tert-OH is 2. The molecule has 1 saturated heterocycles. The van der Waals surface area contributed by atoms with Crippen LogP contribution in [0.2, 0.25) is 0 Å². The Bertz CT molecular complexity index is 914. The Morgan fingerprint density at radius 2 is 2.07 bits per heavy atom. The maximum Gasteiger partial charge on any atom is 0.167 e. The van der Waals surface area contributed by atoms with E-state index >= 15 is 0 Å². The van der Waals surface area contributed by atoms with Gasteiger partial charge in [-0.25, -0.2) is 15.0 Å². The van der Waals surface area contributed by atoms with Crippen LogP contribution in [0.25, 0.3) is 11.2 Å². The van der Waals surface area contributed by atoms with Gasteiger partial charge in [-0.05, 0) is 17.7 Å². The minimum absolute atomic E-state index is 0.228. The minimum atomic E-state index is -0.716. The SMILES string of the molecule is COc1ccc(CNc2ncnc3c2ncn3C2C[C@H](O)[C@@H](CO)O2)cc1.